The molecule has 0 aliphatic heterocycles. The lowest BCUT2D eigenvalue weighted by Gasteiger charge is -2.25. The largest absolute Gasteiger partial charge is 0.488 e. The van der Waals surface area contributed by atoms with Crippen LogP contribution in [0, 0.1) is 6.92 Å². The Morgan fingerprint density at radius 1 is 1.45 bits per heavy atom. The third kappa shape index (κ3) is 2.86. The molecule has 0 spiro atoms. The van der Waals surface area contributed by atoms with E-state index in [2.05, 4.69) is 28.5 Å². The van der Waals surface area contributed by atoms with E-state index in [4.69, 9.17) is 4.74 Å². The fourth-order valence-electron chi connectivity index (χ4n) is 2.81. The van der Waals surface area contributed by atoms with Crippen LogP contribution in [0.3, 0.4) is 0 Å². The van der Waals surface area contributed by atoms with Gasteiger partial charge in [0.25, 0.3) is 0 Å². The SMILES string of the molecule is CNC1CCCc2cc(OCc3cnc(C)s3)ccc21. The lowest BCUT2D eigenvalue weighted by molar-refractivity contribution is 0.308. The zero-order valence-electron chi connectivity index (χ0n) is 12.0. The molecule has 1 aliphatic rings. The van der Waals surface area contributed by atoms with Crippen LogP contribution in [0.25, 0.3) is 0 Å². The topological polar surface area (TPSA) is 34.1 Å². The van der Waals surface area contributed by atoms with E-state index in [0.717, 1.165) is 17.2 Å². The first-order chi connectivity index (χ1) is 9.76. The first-order valence-corrected chi connectivity index (χ1v) is 7.92. The third-order valence-corrected chi connectivity index (χ3v) is 4.71. The van der Waals surface area contributed by atoms with Crippen molar-refractivity contribution in [3.63, 3.8) is 0 Å². The quantitative estimate of drug-likeness (QED) is 0.933. The van der Waals surface area contributed by atoms with Crippen LogP contribution in [0.5, 0.6) is 5.75 Å². The highest BCUT2D eigenvalue weighted by Crippen LogP contribution is 2.32. The van der Waals surface area contributed by atoms with E-state index in [1.165, 1.54) is 28.8 Å². The molecule has 4 heteroatoms. The number of thiazole rings is 1. The molecule has 3 nitrogen and oxygen atoms in total. The number of fused-ring (bicyclic) bond motifs is 1. The van der Waals surface area contributed by atoms with Gasteiger partial charge >= 0.3 is 0 Å². The van der Waals surface area contributed by atoms with Crippen molar-refractivity contribution in [3.05, 3.63) is 45.4 Å². The number of rotatable bonds is 4. The molecular formula is C16H20N2OS. The van der Waals surface area contributed by atoms with Crippen LogP contribution in [-0.4, -0.2) is 12.0 Å². The molecule has 1 unspecified atom stereocenters. The molecular weight excluding hydrogens is 268 g/mol. The number of hydrogen-bond donors (Lipinski definition) is 1. The number of benzene rings is 1. The first kappa shape index (κ1) is 13.6. The Kier molecular flexibility index (Phi) is 4.03. The summed E-state index contributed by atoms with van der Waals surface area (Å²) in [5.74, 6) is 0.964. The minimum Gasteiger partial charge on any atom is -0.488 e. The fourth-order valence-corrected chi connectivity index (χ4v) is 3.51. The summed E-state index contributed by atoms with van der Waals surface area (Å²) in [5.41, 5.74) is 2.85. The Morgan fingerprint density at radius 3 is 3.10 bits per heavy atom. The van der Waals surface area contributed by atoms with Crippen LogP contribution in [0.2, 0.25) is 0 Å². The van der Waals surface area contributed by atoms with E-state index in [-0.39, 0.29) is 0 Å². The maximum Gasteiger partial charge on any atom is 0.124 e. The Hall–Kier alpha value is -1.39. The van der Waals surface area contributed by atoms with Gasteiger partial charge < -0.3 is 10.1 Å². The predicted octanol–water partition coefficient (Wildman–Crippen LogP) is 3.63. The van der Waals surface area contributed by atoms with Crippen molar-refractivity contribution in [3.8, 4) is 5.75 Å². The zero-order valence-corrected chi connectivity index (χ0v) is 12.8. The molecule has 0 amide bonds. The second kappa shape index (κ2) is 5.94. The summed E-state index contributed by atoms with van der Waals surface area (Å²) in [6.07, 6.45) is 5.53. The molecule has 0 bridgehead atoms. The summed E-state index contributed by atoms with van der Waals surface area (Å²) >= 11 is 1.69. The summed E-state index contributed by atoms with van der Waals surface area (Å²) in [6, 6.07) is 7.00. The van der Waals surface area contributed by atoms with Crippen LogP contribution in [0.1, 0.15) is 39.9 Å². The highest BCUT2D eigenvalue weighted by molar-refractivity contribution is 7.11. The van der Waals surface area contributed by atoms with Crippen molar-refractivity contribution in [2.75, 3.05) is 7.05 Å². The molecule has 0 saturated carbocycles. The van der Waals surface area contributed by atoms with Crippen molar-refractivity contribution >= 4 is 11.3 Å². The van der Waals surface area contributed by atoms with Gasteiger partial charge in [-0.1, -0.05) is 6.07 Å². The molecule has 20 heavy (non-hydrogen) atoms. The van der Waals surface area contributed by atoms with Crippen molar-refractivity contribution in [1.29, 1.82) is 0 Å². The summed E-state index contributed by atoms with van der Waals surface area (Å²) in [5, 5.41) is 4.48. The summed E-state index contributed by atoms with van der Waals surface area (Å²) in [7, 11) is 2.04. The number of aromatic nitrogens is 1. The molecule has 0 fully saturated rings. The molecule has 0 radical (unpaired) electrons. The molecule has 1 aromatic heterocycles. The fraction of sp³-hybridized carbons (Fsp3) is 0.438. The smallest absolute Gasteiger partial charge is 0.124 e. The van der Waals surface area contributed by atoms with E-state index >= 15 is 0 Å². The Labute approximate surface area is 124 Å². The summed E-state index contributed by atoms with van der Waals surface area (Å²) < 4.78 is 5.89. The number of ether oxygens (including phenoxy) is 1. The van der Waals surface area contributed by atoms with Crippen molar-refractivity contribution in [2.24, 2.45) is 0 Å². The minimum absolute atomic E-state index is 0.497. The maximum atomic E-state index is 5.89. The van der Waals surface area contributed by atoms with Gasteiger partial charge in [-0.2, -0.15) is 0 Å². The highest BCUT2D eigenvalue weighted by atomic mass is 32.1. The molecule has 1 aromatic carbocycles. The average Bonchev–Trinajstić information content (AvgIpc) is 2.89. The van der Waals surface area contributed by atoms with Crippen molar-refractivity contribution in [1.82, 2.24) is 10.3 Å². The lowest BCUT2D eigenvalue weighted by Crippen LogP contribution is -2.21. The molecule has 3 rings (SSSR count). The summed E-state index contributed by atoms with van der Waals surface area (Å²) in [4.78, 5) is 5.42. The predicted molar refractivity (Wildman–Crippen MR) is 82.4 cm³/mol. The molecule has 1 aliphatic carbocycles. The van der Waals surface area contributed by atoms with Crippen LogP contribution in [0.15, 0.2) is 24.4 Å². The normalized spacial score (nSPS) is 17.8. The van der Waals surface area contributed by atoms with E-state index in [1.807, 2.05) is 20.2 Å². The van der Waals surface area contributed by atoms with E-state index in [1.54, 1.807) is 11.3 Å². The lowest BCUT2D eigenvalue weighted by atomic mass is 9.87. The third-order valence-electron chi connectivity index (χ3n) is 3.83. The standard InChI is InChI=1S/C16H20N2OS/c1-11-18-9-14(20-11)10-19-13-6-7-15-12(8-13)4-3-5-16(15)17-2/h6-9,16-17H,3-5,10H2,1-2H3. The van der Waals surface area contributed by atoms with Gasteiger partial charge in [-0.3, -0.25) is 0 Å². The number of nitrogens with zero attached hydrogens (tertiary/aromatic N) is 1. The zero-order chi connectivity index (χ0) is 13.9. The van der Waals surface area contributed by atoms with Crippen LogP contribution in [-0.2, 0) is 13.0 Å². The van der Waals surface area contributed by atoms with E-state index in [0.29, 0.717) is 12.6 Å². The first-order valence-electron chi connectivity index (χ1n) is 7.10. The Morgan fingerprint density at radius 2 is 2.35 bits per heavy atom. The van der Waals surface area contributed by atoms with Gasteiger partial charge in [-0.05, 0) is 56.5 Å². The minimum atomic E-state index is 0.497. The van der Waals surface area contributed by atoms with Gasteiger partial charge in [0.1, 0.15) is 12.4 Å². The average molecular weight is 288 g/mol. The molecule has 2 aromatic rings. The van der Waals surface area contributed by atoms with E-state index < -0.39 is 0 Å². The van der Waals surface area contributed by atoms with Gasteiger partial charge in [-0.25, -0.2) is 4.98 Å². The van der Waals surface area contributed by atoms with Crippen molar-refractivity contribution < 1.29 is 4.74 Å². The molecule has 0 saturated heterocycles. The molecule has 1 atom stereocenters. The highest BCUT2D eigenvalue weighted by Gasteiger charge is 2.18. The Bertz CT molecular complexity index is 594. The number of hydrogen-bond acceptors (Lipinski definition) is 4. The Balaban J connectivity index is 1.72. The van der Waals surface area contributed by atoms with Crippen LogP contribution in [0.4, 0.5) is 0 Å². The molecule has 106 valence electrons. The molecule has 1 N–H and O–H groups in total. The number of nitrogens with one attached hydrogen (secondary N) is 1. The van der Waals surface area contributed by atoms with Crippen LogP contribution < -0.4 is 10.1 Å². The van der Waals surface area contributed by atoms with Gasteiger partial charge in [-0.15, -0.1) is 11.3 Å². The molecule has 1 heterocycles. The van der Waals surface area contributed by atoms with Gasteiger partial charge in [0, 0.05) is 12.2 Å². The van der Waals surface area contributed by atoms with Gasteiger partial charge in [0.05, 0.1) is 9.88 Å². The van der Waals surface area contributed by atoms with Crippen molar-refractivity contribution in [2.45, 2.75) is 38.8 Å². The maximum absolute atomic E-state index is 5.89. The second-order valence-corrected chi connectivity index (χ2v) is 6.55. The van der Waals surface area contributed by atoms with Crippen LogP contribution >= 0.6 is 11.3 Å². The monoisotopic (exact) mass is 288 g/mol. The van der Waals surface area contributed by atoms with Gasteiger partial charge in [0.15, 0.2) is 0 Å². The summed E-state index contributed by atoms with van der Waals surface area (Å²) in [6.45, 7) is 2.63. The van der Waals surface area contributed by atoms with E-state index in [9.17, 15) is 0 Å². The second-order valence-electron chi connectivity index (χ2n) is 5.23. The number of aryl methyl sites for hydroxylation is 2. The van der Waals surface area contributed by atoms with Gasteiger partial charge in [0.2, 0.25) is 0 Å².